The Morgan fingerprint density at radius 3 is 2.42 bits per heavy atom. The molecule has 1 aromatic carbocycles. The molecule has 24 heavy (non-hydrogen) atoms. The quantitative estimate of drug-likeness (QED) is 0.619. The third kappa shape index (κ3) is 5.15. The van der Waals surface area contributed by atoms with Crippen LogP contribution in [0.1, 0.15) is 46.6 Å². The lowest BCUT2D eigenvalue weighted by atomic mass is 9.84. The molecule has 0 aromatic heterocycles. The molecule has 1 aliphatic rings. The van der Waals surface area contributed by atoms with Gasteiger partial charge < -0.3 is 14.7 Å². The van der Waals surface area contributed by atoms with E-state index in [2.05, 4.69) is 27.4 Å². The van der Waals surface area contributed by atoms with Crippen LogP contribution in [0.4, 0.5) is 0 Å². The highest BCUT2D eigenvalue weighted by Gasteiger charge is 2.46. The van der Waals surface area contributed by atoms with Crippen molar-refractivity contribution in [2.45, 2.75) is 71.6 Å². The highest BCUT2D eigenvalue weighted by molar-refractivity contribution is 5.14. The monoisotopic (exact) mass is 333 g/mol. The minimum atomic E-state index is -0.673. The van der Waals surface area contributed by atoms with Gasteiger partial charge in [-0.2, -0.15) is 5.06 Å². The lowest BCUT2D eigenvalue weighted by Crippen LogP contribution is -2.47. The molecule has 4 nitrogen and oxygen atoms in total. The number of hydrogen-bond donors (Lipinski definition) is 1. The van der Waals surface area contributed by atoms with Crippen LogP contribution in [0.3, 0.4) is 0 Å². The van der Waals surface area contributed by atoms with Crippen molar-refractivity contribution in [3.8, 4) is 0 Å². The zero-order valence-electron chi connectivity index (χ0n) is 15.5. The molecule has 0 spiro atoms. The molecule has 3 atom stereocenters. The zero-order chi connectivity index (χ0) is 18.0. The summed E-state index contributed by atoms with van der Waals surface area (Å²) >= 11 is 0. The summed E-state index contributed by atoms with van der Waals surface area (Å²) in [6.45, 7) is 14.6. The Hall–Kier alpha value is -1.20. The maximum absolute atomic E-state index is 10.8. The number of hydrogen-bond acceptors (Lipinski definition) is 4. The molecule has 1 fully saturated rings. The molecule has 2 rings (SSSR count). The van der Waals surface area contributed by atoms with Crippen LogP contribution in [0.2, 0.25) is 0 Å². The fourth-order valence-corrected chi connectivity index (χ4v) is 3.20. The first kappa shape index (κ1) is 19.1. The summed E-state index contributed by atoms with van der Waals surface area (Å²) in [7, 11) is 0. The van der Waals surface area contributed by atoms with E-state index in [-0.39, 0.29) is 23.7 Å². The zero-order valence-corrected chi connectivity index (χ0v) is 15.5. The van der Waals surface area contributed by atoms with Crippen LogP contribution in [0.25, 0.3) is 0 Å². The molecule has 0 radical (unpaired) electrons. The number of ether oxygens (including phenoxy) is 2. The van der Waals surface area contributed by atoms with Gasteiger partial charge in [0.2, 0.25) is 0 Å². The summed E-state index contributed by atoms with van der Waals surface area (Å²) in [4.78, 5) is 0. The molecule has 0 amide bonds. The summed E-state index contributed by atoms with van der Waals surface area (Å²) in [5, 5.41) is 12.2. The van der Waals surface area contributed by atoms with Crippen LogP contribution in [0.5, 0.6) is 0 Å². The molecule has 1 N–H and O–H groups in total. The van der Waals surface area contributed by atoms with Crippen molar-refractivity contribution in [2.75, 3.05) is 0 Å². The Kier molecular flexibility index (Phi) is 5.87. The van der Waals surface area contributed by atoms with Crippen LogP contribution in [0, 0.1) is 5.41 Å². The molecular weight excluding hydrogens is 302 g/mol. The number of benzene rings is 1. The predicted octanol–water partition coefficient (Wildman–Crippen LogP) is 4.39. The van der Waals surface area contributed by atoms with E-state index in [9.17, 15) is 5.21 Å². The maximum atomic E-state index is 10.8. The SMILES string of the molecule is C=C[C@H]1OC(C)(C)O[C@H]1[C@@H](CC(C)(C)C)N(O)Cc1ccccc1. The minimum Gasteiger partial charge on any atom is -0.342 e. The van der Waals surface area contributed by atoms with Gasteiger partial charge in [0.15, 0.2) is 5.79 Å². The summed E-state index contributed by atoms with van der Waals surface area (Å²) in [6.07, 6.45) is 2.05. The third-order valence-electron chi connectivity index (χ3n) is 4.17. The lowest BCUT2D eigenvalue weighted by molar-refractivity contribution is -0.194. The third-order valence-corrected chi connectivity index (χ3v) is 4.17. The topological polar surface area (TPSA) is 41.9 Å². The highest BCUT2D eigenvalue weighted by Crippen LogP contribution is 2.36. The Morgan fingerprint density at radius 1 is 1.25 bits per heavy atom. The Labute approximate surface area is 146 Å². The van der Waals surface area contributed by atoms with Gasteiger partial charge in [0, 0.05) is 6.54 Å². The van der Waals surface area contributed by atoms with Crippen LogP contribution >= 0.6 is 0 Å². The molecule has 0 aliphatic carbocycles. The molecule has 0 unspecified atom stereocenters. The first-order valence-corrected chi connectivity index (χ1v) is 8.59. The van der Waals surface area contributed by atoms with Crippen LogP contribution in [-0.2, 0) is 16.0 Å². The van der Waals surface area contributed by atoms with E-state index in [1.165, 1.54) is 5.06 Å². The molecule has 1 saturated heterocycles. The first-order chi connectivity index (χ1) is 11.1. The normalized spacial score (nSPS) is 25.0. The van der Waals surface area contributed by atoms with Crippen LogP contribution in [0.15, 0.2) is 43.0 Å². The molecule has 1 aromatic rings. The number of nitrogens with zero attached hydrogens (tertiary/aromatic N) is 1. The van der Waals surface area contributed by atoms with Gasteiger partial charge in [-0.3, -0.25) is 0 Å². The molecule has 1 heterocycles. The minimum absolute atomic E-state index is 0.0458. The average Bonchev–Trinajstić information content (AvgIpc) is 2.79. The fraction of sp³-hybridized carbons (Fsp3) is 0.600. The van der Waals surface area contributed by atoms with Gasteiger partial charge in [0.1, 0.15) is 12.2 Å². The number of rotatable bonds is 6. The molecule has 134 valence electrons. The summed E-state index contributed by atoms with van der Waals surface area (Å²) in [6, 6.07) is 9.77. The molecule has 0 bridgehead atoms. The second-order valence-electron chi connectivity index (χ2n) is 8.22. The largest absolute Gasteiger partial charge is 0.342 e. The van der Waals surface area contributed by atoms with Crippen molar-refractivity contribution in [3.05, 3.63) is 48.6 Å². The summed E-state index contributed by atoms with van der Waals surface area (Å²) < 4.78 is 12.1. The first-order valence-electron chi connectivity index (χ1n) is 8.59. The Balaban J connectivity index is 2.22. The lowest BCUT2D eigenvalue weighted by Gasteiger charge is -2.36. The highest BCUT2D eigenvalue weighted by atomic mass is 16.8. The van der Waals surface area contributed by atoms with E-state index in [0.717, 1.165) is 12.0 Å². The van der Waals surface area contributed by atoms with Crippen molar-refractivity contribution >= 4 is 0 Å². The molecule has 1 aliphatic heterocycles. The van der Waals surface area contributed by atoms with E-state index >= 15 is 0 Å². The summed E-state index contributed by atoms with van der Waals surface area (Å²) in [5.74, 6) is -0.673. The maximum Gasteiger partial charge on any atom is 0.164 e. The summed E-state index contributed by atoms with van der Waals surface area (Å²) in [5.41, 5.74) is 1.11. The average molecular weight is 333 g/mol. The van der Waals surface area contributed by atoms with Gasteiger partial charge in [-0.25, -0.2) is 0 Å². The van der Waals surface area contributed by atoms with Gasteiger partial charge in [-0.05, 0) is 31.2 Å². The van der Waals surface area contributed by atoms with E-state index < -0.39 is 5.79 Å². The van der Waals surface area contributed by atoms with Crippen molar-refractivity contribution in [1.29, 1.82) is 0 Å². The Bertz CT molecular complexity index is 536. The van der Waals surface area contributed by atoms with Gasteiger partial charge in [0.05, 0.1) is 6.04 Å². The standard InChI is InChI=1S/C20H31NO3/c1-7-17-18(24-20(5,6)23-17)16(13-19(2,3)4)21(22)14-15-11-9-8-10-12-15/h7-12,16-18,22H,1,13-14H2,2-6H3/t16-,17-,18+/m1/s1. The predicted molar refractivity (Wildman–Crippen MR) is 95.7 cm³/mol. The van der Waals surface area contributed by atoms with E-state index in [1.54, 1.807) is 6.08 Å². The molecule has 0 saturated carbocycles. The fourth-order valence-electron chi connectivity index (χ4n) is 3.20. The molecular formula is C20H31NO3. The van der Waals surface area contributed by atoms with E-state index in [1.807, 2.05) is 44.2 Å². The van der Waals surface area contributed by atoms with Crippen molar-refractivity contribution < 1.29 is 14.7 Å². The number of hydroxylamine groups is 2. The van der Waals surface area contributed by atoms with Crippen LogP contribution < -0.4 is 0 Å². The van der Waals surface area contributed by atoms with Gasteiger partial charge in [-0.1, -0.05) is 57.2 Å². The van der Waals surface area contributed by atoms with E-state index in [4.69, 9.17) is 9.47 Å². The second-order valence-corrected chi connectivity index (χ2v) is 8.22. The van der Waals surface area contributed by atoms with Crippen molar-refractivity contribution in [2.24, 2.45) is 5.41 Å². The van der Waals surface area contributed by atoms with Gasteiger partial charge in [0.25, 0.3) is 0 Å². The smallest absolute Gasteiger partial charge is 0.164 e. The molecule has 4 heteroatoms. The Morgan fingerprint density at radius 2 is 1.88 bits per heavy atom. The van der Waals surface area contributed by atoms with Gasteiger partial charge >= 0.3 is 0 Å². The van der Waals surface area contributed by atoms with Crippen LogP contribution in [-0.4, -0.2) is 34.3 Å². The van der Waals surface area contributed by atoms with Crippen molar-refractivity contribution in [1.82, 2.24) is 5.06 Å². The second kappa shape index (κ2) is 7.36. The van der Waals surface area contributed by atoms with Crippen molar-refractivity contribution in [3.63, 3.8) is 0 Å². The van der Waals surface area contributed by atoms with Gasteiger partial charge in [-0.15, -0.1) is 6.58 Å². The van der Waals surface area contributed by atoms with E-state index in [0.29, 0.717) is 6.54 Å².